The van der Waals surface area contributed by atoms with E-state index in [2.05, 4.69) is 16.7 Å². The fraction of sp³-hybridized carbons (Fsp3) is 0.435. The summed E-state index contributed by atoms with van der Waals surface area (Å²) in [4.78, 5) is 33.5. The van der Waals surface area contributed by atoms with Gasteiger partial charge in [0.25, 0.3) is 5.56 Å². The molecule has 0 aliphatic carbocycles. The molecular formula is C23H28N6O3. The number of rotatable bonds is 5. The largest absolute Gasteiger partial charge is 0.497 e. The van der Waals surface area contributed by atoms with E-state index in [-0.39, 0.29) is 18.1 Å². The lowest BCUT2D eigenvalue weighted by Gasteiger charge is -2.31. The molecule has 168 valence electrons. The maximum absolute atomic E-state index is 13.6. The summed E-state index contributed by atoms with van der Waals surface area (Å²) in [5.74, 6) is 7.23. The number of methoxy groups -OCH3 is 1. The molecule has 9 heteroatoms. The van der Waals surface area contributed by atoms with Gasteiger partial charge in [-0.05, 0) is 37.5 Å². The van der Waals surface area contributed by atoms with Crippen LogP contribution in [0.2, 0.25) is 0 Å². The van der Waals surface area contributed by atoms with E-state index in [1.54, 1.807) is 21.1 Å². The number of anilines is 1. The Morgan fingerprint density at radius 1 is 1.28 bits per heavy atom. The minimum atomic E-state index is -0.418. The number of fused-ring (bicyclic) bond motifs is 1. The normalized spacial score (nSPS) is 16.1. The molecule has 0 saturated carbocycles. The van der Waals surface area contributed by atoms with Crippen molar-refractivity contribution >= 4 is 17.1 Å². The Kier molecular flexibility index (Phi) is 6.06. The van der Waals surface area contributed by atoms with Crippen LogP contribution in [0.5, 0.6) is 5.75 Å². The van der Waals surface area contributed by atoms with Crippen molar-refractivity contribution in [2.75, 3.05) is 25.1 Å². The van der Waals surface area contributed by atoms with Crippen LogP contribution in [0.15, 0.2) is 33.9 Å². The van der Waals surface area contributed by atoms with Crippen molar-refractivity contribution in [3.05, 3.63) is 50.7 Å². The SMILES string of the molecule is CC#CCn1c(N2CCC[C@@H](N)C2)nc2c1c(=O)n(Cc1cccc(OC)c1)c(=O)n2C. The minimum absolute atomic E-state index is 0.0443. The van der Waals surface area contributed by atoms with E-state index in [4.69, 9.17) is 15.5 Å². The summed E-state index contributed by atoms with van der Waals surface area (Å²) in [7, 11) is 3.22. The van der Waals surface area contributed by atoms with Crippen LogP contribution >= 0.6 is 0 Å². The van der Waals surface area contributed by atoms with E-state index in [1.165, 1.54) is 9.13 Å². The van der Waals surface area contributed by atoms with Crippen molar-refractivity contribution in [1.82, 2.24) is 18.7 Å². The Bertz CT molecular complexity index is 1320. The van der Waals surface area contributed by atoms with Crippen molar-refractivity contribution in [2.24, 2.45) is 12.8 Å². The van der Waals surface area contributed by atoms with E-state index in [1.807, 2.05) is 28.8 Å². The van der Waals surface area contributed by atoms with Crippen molar-refractivity contribution < 1.29 is 4.74 Å². The zero-order valence-electron chi connectivity index (χ0n) is 18.7. The average Bonchev–Trinajstić information content (AvgIpc) is 3.19. The van der Waals surface area contributed by atoms with Gasteiger partial charge in [-0.15, -0.1) is 5.92 Å². The molecule has 2 aromatic heterocycles. The predicted octanol–water partition coefficient (Wildman–Crippen LogP) is 0.904. The predicted molar refractivity (Wildman–Crippen MR) is 124 cm³/mol. The molecule has 1 aromatic carbocycles. The molecule has 32 heavy (non-hydrogen) atoms. The molecule has 9 nitrogen and oxygen atoms in total. The number of ether oxygens (including phenoxy) is 1. The smallest absolute Gasteiger partial charge is 0.332 e. The molecule has 0 radical (unpaired) electrons. The van der Waals surface area contributed by atoms with E-state index in [0.717, 1.165) is 24.9 Å². The number of benzene rings is 1. The fourth-order valence-electron chi connectivity index (χ4n) is 4.19. The van der Waals surface area contributed by atoms with Gasteiger partial charge >= 0.3 is 5.69 Å². The second-order valence-corrected chi connectivity index (χ2v) is 8.03. The number of aryl methyl sites for hydroxylation is 1. The maximum atomic E-state index is 13.6. The van der Waals surface area contributed by atoms with Crippen molar-refractivity contribution in [1.29, 1.82) is 0 Å². The van der Waals surface area contributed by atoms with Crippen molar-refractivity contribution in [3.63, 3.8) is 0 Å². The highest BCUT2D eigenvalue weighted by molar-refractivity contribution is 5.75. The summed E-state index contributed by atoms with van der Waals surface area (Å²) >= 11 is 0. The van der Waals surface area contributed by atoms with Crippen LogP contribution in [0.25, 0.3) is 11.2 Å². The zero-order valence-corrected chi connectivity index (χ0v) is 18.7. The van der Waals surface area contributed by atoms with Crippen LogP contribution in [-0.2, 0) is 20.1 Å². The molecule has 0 bridgehead atoms. The van der Waals surface area contributed by atoms with Gasteiger partial charge in [0.05, 0.1) is 20.2 Å². The van der Waals surface area contributed by atoms with Gasteiger partial charge in [0.15, 0.2) is 11.2 Å². The Labute approximate surface area is 186 Å². The highest BCUT2D eigenvalue weighted by Gasteiger charge is 2.26. The van der Waals surface area contributed by atoms with E-state index in [9.17, 15) is 9.59 Å². The molecule has 1 atom stereocenters. The molecule has 3 heterocycles. The average molecular weight is 437 g/mol. The lowest BCUT2D eigenvalue weighted by atomic mass is 10.1. The Balaban J connectivity index is 1.91. The standard InChI is InChI=1S/C23H28N6O3/c1-4-5-12-28-19-20(25-22(28)27-11-7-9-17(24)15-27)26(2)23(31)29(21(19)30)14-16-8-6-10-18(13-16)32-3/h6,8,10,13,17H,7,9,11-12,14-15,24H2,1-3H3/t17-/m1/s1. The molecule has 2 N–H and O–H groups in total. The third-order valence-corrected chi connectivity index (χ3v) is 5.84. The molecule has 1 saturated heterocycles. The highest BCUT2D eigenvalue weighted by Crippen LogP contribution is 2.23. The van der Waals surface area contributed by atoms with Crippen LogP contribution in [0.1, 0.15) is 25.3 Å². The van der Waals surface area contributed by atoms with Gasteiger partial charge in [-0.25, -0.2) is 4.79 Å². The molecule has 0 spiro atoms. The number of aromatic nitrogens is 4. The van der Waals surface area contributed by atoms with E-state index in [0.29, 0.717) is 36.0 Å². The Hall–Kier alpha value is -3.51. The van der Waals surface area contributed by atoms with Gasteiger partial charge in [-0.3, -0.25) is 18.5 Å². The summed E-state index contributed by atoms with van der Waals surface area (Å²) < 4.78 is 9.75. The van der Waals surface area contributed by atoms with Crippen LogP contribution in [0.3, 0.4) is 0 Å². The van der Waals surface area contributed by atoms with E-state index < -0.39 is 5.69 Å². The number of imidazole rings is 1. The van der Waals surface area contributed by atoms with Gasteiger partial charge in [0.1, 0.15) is 5.75 Å². The molecule has 1 aliphatic heterocycles. The lowest BCUT2D eigenvalue weighted by Crippen LogP contribution is -2.44. The fourth-order valence-corrected chi connectivity index (χ4v) is 4.19. The molecule has 4 rings (SSSR count). The third-order valence-electron chi connectivity index (χ3n) is 5.84. The first-order chi connectivity index (χ1) is 15.4. The number of piperidine rings is 1. The summed E-state index contributed by atoms with van der Waals surface area (Å²) in [6, 6.07) is 7.38. The van der Waals surface area contributed by atoms with Gasteiger partial charge in [-0.2, -0.15) is 4.98 Å². The van der Waals surface area contributed by atoms with Crippen LogP contribution in [0, 0.1) is 11.8 Å². The Morgan fingerprint density at radius 2 is 2.09 bits per heavy atom. The lowest BCUT2D eigenvalue weighted by molar-refractivity contribution is 0.414. The van der Waals surface area contributed by atoms with Crippen molar-refractivity contribution in [3.8, 4) is 17.6 Å². The monoisotopic (exact) mass is 436 g/mol. The number of hydrogen-bond donors (Lipinski definition) is 1. The summed E-state index contributed by atoms with van der Waals surface area (Å²) in [6.45, 7) is 3.64. The second-order valence-electron chi connectivity index (χ2n) is 8.03. The molecule has 0 unspecified atom stereocenters. The van der Waals surface area contributed by atoms with Crippen LogP contribution < -0.4 is 26.6 Å². The summed E-state index contributed by atoms with van der Waals surface area (Å²) in [5.41, 5.74) is 6.90. The van der Waals surface area contributed by atoms with Crippen molar-refractivity contribution in [2.45, 2.75) is 38.9 Å². The molecule has 0 amide bonds. The second kappa shape index (κ2) is 8.93. The molecule has 1 aliphatic rings. The zero-order chi connectivity index (χ0) is 22.8. The molecule has 1 fully saturated rings. The molecule has 3 aromatic rings. The quantitative estimate of drug-likeness (QED) is 0.597. The first-order valence-corrected chi connectivity index (χ1v) is 10.7. The first-order valence-electron chi connectivity index (χ1n) is 10.7. The number of nitrogens with zero attached hydrogens (tertiary/aromatic N) is 5. The summed E-state index contributed by atoms with van der Waals surface area (Å²) in [5, 5.41) is 0. The number of nitrogens with two attached hydrogens (primary N) is 1. The van der Waals surface area contributed by atoms with Gasteiger partial charge in [0, 0.05) is 26.2 Å². The highest BCUT2D eigenvalue weighted by atomic mass is 16.5. The Morgan fingerprint density at radius 3 is 2.81 bits per heavy atom. The third kappa shape index (κ3) is 3.89. The topological polar surface area (TPSA) is 100 Å². The first kappa shape index (κ1) is 21.7. The molecular weight excluding hydrogens is 408 g/mol. The summed E-state index contributed by atoms with van der Waals surface area (Å²) in [6.07, 6.45) is 1.90. The van der Waals surface area contributed by atoms with Crippen LogP contribution in [-0.4, -0.2) is 44.9 Å². The number of hydrogen-bond acceptors (Lipinski definition) is 6. The van der Waals surface area contributed by atoms with Gasteiger partial charge < -0.3 is 15.4 Å². The maximum Gasteiger partial charge on any atom is 0.332 e. The van der Waals surface area contributed by atoms with Gasteiger partial charge in [0.2, 0.25) is 5.95 Å². The van der Waals surface area contributed by atoms with E-state index >= 15 is 0 Å². The van der Waals surface area contributed by atoms with Gasteiger partial charge in [-0.1, -0.05) is 18.1 Å². The van der Waals surface area contributed by atoms with Crippen LogP contribution in [0.4, 0.5) is 5.95 Å². The minimum Gasteiger partial charge on any atom is -0.497 e.